The molecule has 1 saturated heterocycles. The van der Waals surface area contributed by atoms with Crippen molar-refractivity contribution in [3.05, 3.63) is 5.28 Å². The molecule has 0 aromatic carbocycles. The number of hydrogen-bond acceptors (Lipinski definition) is 6. The van der Waals surface area contributed by atoms with E-state index < -0.39 is 0 Å². The molecular formula is C14H22ClN5O. The van der Waals surface area contributed by atoms with E-state index >= 15 is 0 Å². The molecule has 6 nitrogen and oxygen atoms in total. The fourth-order valence-corrected chi connectivity index (χ4v) is 3.44. The van der Waals surface area contributed by atoms with Crippen LogP contribution in [-0.4, -0.2) is 52.3 Å². The van der Waals surface area contributed by atoms with Crippen LogP contribution in [-0.2, 0) is 0 Å². The van der Waals surface area contributed by atoms with Crippen LogP contribution >= 0.6 is 11.6 Å². The zero-order valence-corrected chi connectivity index (χ0v) is 13.0. The van der Waals surface area contributed by atoms with Gasteiger partial charge in [0.1, 0.15) is 0 Å². The molecule has 2 heterocycles. The van der Waals surface area contributed by atoms with E-state index in [-0.39, 0.29) is 11.9 Å². The number of aliphatic hydroxyl groups excluding tert-OH is 1. The summed E-state index contributed by atoms with van der Waals surface area (Å²) in [6.07, 6.45) is 7.04. The van der Waals surface area contributed by atoms with Crippen molar-refractivity contribution in [2.75, 3.05) is 36.0 Å². The quantitative estimate of drug-likeness (QED) is 0.895. The maximum absolute atomic E-state index is 9.35. The molecule has 3 rings (SSSR count). The Morgan fingerprint density at radius 1 is 1.10 bits per heavy atom. The lowest BCUT2D eigenvalue weighted by Crippen LogP contribution is -2.37. The lowest BCUT2D eigenvalue weighted by atomic mass is 10.2. The zero-order valence-electron chi connectivity index (χ0n) is 12.2. The smallest absolute Gasteiger partial charge is 0.231 e. The first-order valence-electron chi connectivity index (χ1n) is 7.82. The molecule has 1 N–H and O–H groups in total. The minimum absolute atomic E-state index is 0.0961. The van der Waals surface area contributed by atoms with Gasteiger partial charge >= 0.3 is 0 Å². The van der Waals surface area contributed by atoms with Gasteiger partial charge in [0.15, 0.2) is 0 Å². The molecule has 0 unspecified atom stereocenters. The molecule has 0 atom stereocenters. The molecule has 1 aliphatic carbocycles. The molecule has 21 heavy (non-hydrogen) atoms. The Morgan fingerprint density at radius 2 is 1.81 bits per heavy atom. The van der Waals surface area contributed by atoms with Gasteiger partial charge in [0, 0.05) is 25.7 Å². The van der Waals surface area contributed by atoms with E-state index in [0.29, 0.717) is 24.5 Å². The minimum atomic E-state index is 0.0961. The highest BCUT2D eigenvalue weighted by molar-refractivity contribution is 6.28. The van der Waals surface area contributed by atoms with Crippen LogP contribution in [0, 0.1) is 0 Å². The number of nitrogens with zero attached hydrogens (tertiary/aromatic N) is 5. The molecule has 1 aromatic heterocycles. The second-order valence-corrected chi connectivity index (χ2v) is 6.09. The molecule has 0 spiro atoms. The summed E-state index contributed by atoms with van der Waals surface area (Å²) in [4.78, 5) is 17.4. The SMILES string of the molecule is OCCN(c1nc(Cl)nc(N2CCCC2)n1)C1CCCC1. The minimum Gasteiger partial charge on any atom is -0.395 e. The van der Waals surface area contributed by atoms with Crippen molar-refractivity contribution < 1.29 is 5.11 Å². The van der Waals surface area contributed by atoms with Crippen LogP contribution in [0.3, 0.4) is 0 Å². The van der Waals surface area contributed by atoms with E-state index in [0.717, 1.165) is 25.9 Å². The molecule has 7 heteroatoms. The van der Waals surface area contributed by atoms with Crippen LogP contribution in [0.5, 0.6) is 0 Å². The number of aliphatic hydroxyl groups is 1. The average molecular weight is 312 g/mol. The highest BCUT2D eigenvalue weighted by Gasteiger charge is 2.26. The van der Waals surface area contributed by atoms with Gasteiger partial charge in [-0.25, -0.2) is 0 Å². The van der Waals surface area contributed by atoms with Gasteiger partial charge in [-0.05, 0) is 37.3 Å². The first-order valence-corrected chi connectivity index (χ1v) is 8.20. The molecule has 2 aliphatic rings. The topological polar surface area (TPSA) is 65.4 Å². The Labute approximate surface area is 130 Å². The second kappa shape index (κ2) is 6.75. The molecule has 116 valence electrons. The maximum Gasteiger partial charge on any atom is 0.231 e. The van der Waals surface area contributed by atoms with Crippen molar-refractivity contribution in [3.63, 3.8) is 0 Å². The van der Waals surface area contributed by atoms with Gasteiger partial charge < -0.3 is 14.9 Å². The zero-order chi connectivity index (χ0) is 14.7. The largest absolute Gasteiger partial charge is 0.395 e. The van der Waals surface area contributed by atoms with Crippen molar-refractivity contribution in [1.82, 2.24) is 15.0 Å². The first-order chi connectivity index (χ1) is 10.3. The van der Waals surface area contributed by atoms with E-state index in [1.165, 1.54) is 25.7 Å². The molecule has 0 radical (unpaired) electrons. The van der Waals surface area contributed by atoms with Gasteiger partial charge in [-0.15, -0.1) is 0 Å². The van der Waals surface area contributed by atoms with E-state index in [9.17, 15) is 5.11 Å². The molecule has 1 aliphatic heterocycles. The van der Waals surface area contributed by atoms with Crippen LogP contribution in [0.15, 0.2) is 0 Å². The Hall–Kier alpha value is -1.14. The summed E-state index contributed by atoms with van der Waals surface area (Å²) in [5.41, 5.74) is 0. The molecule has 1 saturated carbocycles. The van der Waals surface area contributed by atoms with Gasteiger partial charge in [0.05, 0.1) is 6.61 Å². The monoisotopic (exact) mass is 311 g/mol. The van der Waals surface area contributed by atoms with E-state index in [1.54, 1.807) is 0 Å². The Kier molecular flexibility index (Phi) is 4.75. The summed E-state index contributed by atoms with van der Waals surface area (Å²) in [6, 6.07) is 0.405. The maximum atomic E-state index is 9.35. The van der Waals surface area contributed by atoms with Crippen LogP contribution in [0.1, 0.15) is 38.5 Å². The number of anilines is 2. The average Bonchev–Trinajstić information content (AvgIpc) is 3.16. The third-order valence-electron chi connectivity index (χ3n) is 4.34. The van der Waals surface area contributed by atoms with Crippen LogP contribution in [0.2, 0.25) is 5.28 Å². The molecular weight excluding hydrogens is 290 g/mol. The highest BCUT2D eigenvalue weighted by Crippen LogP contribution is 2.28. The predicted octanol–water partition coefficient (Wildman–Crippen LogP) is 1.87. The van der Waals surface area contributed by atoms with Gasteiger partial charge in [-0.1, -0.05) is 12.8 Å². The fourth-order valence-electron chi connectivity index (χ4n) is 3.29. The third-order valence-corrected chi connectivity index (χ3v) is 4.51. The van der Waals surface area contributed by atoms with Crippen LogP contribution < -0.4 is 9.80 Å². The van der Waals surface area contributed by atoms with Crippen molar-refractivity contribution in [2.24, 2.45) is 0 Å². The van der Waals surface area contributed by atoms with Gasteiger partial charge in [0.25, 0.3) is 0 Å². The fraction of sp³-hybridized carbons (Fsp3) is 0.786. The standard InChI is InChI=1S/C14H22ClN5O/c15-12-16-13(19-7-3-4-8-19)18-14(17-12)20(9-10-21)11-5-1-2-6-11/h11,21H,1-10H2. The van der Waals surface area contributed by atoms with Gasteiger partial charge in [0.2, 0.25) is 17.2 Å². The van der Waals surface area contributed by atoms with Crippen molar-refractivity contribution in [1.29, 1.82) is 0 Å². The molecule has 0 amide bonds. The van der Waals surface area contributed by atoms with Gasteiger partial charge in [-0.2, -0.15) is 15.0 Å². The third kappa shape index (κ3) is 3.37. The van der Waals surface area contributed by atoms with Crippen LogP contribution in [0.4, 0.5) is 11.9 Å². The van der Waals surface area contributed by atoms with E-state index in [2.05, 4.69) is 24.8 Å². The number of rotatable bonds is 5. The predicted molar refractivity (Wildman–Crippen MR) is 83.0 cm³/mol. The van der Waals surface area contributed by atoms with Crippen molar-refractivity contribution in [3.8, 4) is 0 Å². The summed E-state index contributed by atoms with van der Waals surface area (Å²) >= 11 is 6.10. The van der Waals surface area contributed by atoms with Crippen LogP contribution in [0.25, 0.3) is 0 Å². The van der Waals surface area contributed by atoms with Crippen molar-refractivity contribution >= 4 is 23.5 Å². The lowest BCUT2D eigenvalue weighted by molar-refractivity contribution is 0.296. The summed E-state index contributed by atoms with van der Waals surface area (Å²) in [5.74, 6) is 1.28. The summed E-state index contributed by atoms with van der Waals surface area (Å²) in [6.45, 7) is 2.59. The lowest BCUT2D eigenvalue weighted by Gasteiger charge is -2.29. The Morgan fingerprint density at radius 3 is 2.48 bits per heavy atom. The number of halogens is 1. The molecule has 1 aromatic rings. The van der Waals surface area contributed by atoms with E-state index in [1.807, 2.05) is 0 Å². The van der Waals surface area contributed by atoms with Gasteiger partial charge in [-0.3, -0.25) is 0 Å². The number of aromatic nitrogens is 3. The normalized spacial score (nSPS) is 19.4. The van der Waals surface area contributed by atoms with E-state index in [4.69, 9.17) is 11.6 Å². The number of hydrogen-bond donors (Lipinski definition) is 1. The molecule has 2 fully saturated rings. The van der Waals surface area contributed by atoms with Crippen molar-refractivity contribution in [2.45, 2.75) is 44.6 Å². The Balaban J connectivity index is 1.87. The summed E-state index contributed by atoms with van der Waals surface area (Å²) in [5, 5.41) is 9.59. The summed E-state index contributed by atoms with van der Waals surface area (Å²) in [7, 11) is 0. The first kappa shape index (κ1) is 14.8. The Bertz CT molecular complexity index is 474. The second-order valence-electron chi connectivity index (χ2n) is 5.75. The summed E-state index contributed by atoms with van der Waals surface area (Å²) < 4.78 is 0. The molecule has 0 bridgehead atoms. The highest BCUT2D eigenvalue weighted by atomic mass is 35.5.